The normalized spacial score (nSPS) is 13.9. The minimum atomic E-state index is -0.171. The quantitative estimate of drug-likeness (QED) is 0.873. The van der Waals surface area contributed by atoms with Gasteiger partial charge in [0, 0.05) is 28.9 Å². The number of aryl methyl sites for hydroxylation is 2. The van der Waals surface area contributed by atoms with E-state index in [-0.39, 0.29) is 5.82 Å². The molecular formula is C15H17FN2. The van der Waals surface area contributed by atoms with Gasteiger partial charge in [-0.25, -0.2) is 4.39 Å². The third-order valence-corrected chi connectivity index (χ3v) is 3.73. The van der Waals surface area contributed by atoms with Crippen molar-refractivity contribution in [3.05, 3.63) is 34.8 Å². The van der Waals surface area contributed by atoms with E-state index in [2.05, 4.69) is 17.2 Å². The molecule has 2 nitrogen and oxygen atoms in total. The summed E-state index contributed by atoms with van der Waals surface area (Å²) in [6, 6.07) is 3.39. The van der Waals surface area contributed by atoms with E-state index in [1.165, 1.54) is 5.56 Å². The van der Waals surface area contributed by atoms with Crippen LogP contribution in [0.15, 0.2) is 12.1 Å². The minimum Gasteiger partial charge on any atom is -0.384 e. The number of fused-ring (bicyclic) bond motifs is 2. The summed E-state index contributed by atoms with van der Waals surface area (Å²) in [4.78, 5) is 4.68. The molecule has 1 aliphatic rings. The van der Waals surface area contributed by atoms with E-state index in [0.29, 0.717) is 5.56 Å². The van der Waals surface area contributed by atoms with Gasteiger partial charge >= 0.3 is 0 Å². The first-order valence-electron chi connectivity index (χ1n) is 6.56. The molecule has 18 heavy (non-hydrogen) atoms. The highest BCUT2D eigenvalue weighted by atomic mass is 19.1. The van der Waals surface area contributed by atoms with Crippen LogP contribution in [0.4, 0.5) is 10.1 Å². The van der Waals surface area contributed by atoms with Gasteiger partial charge in [-0.1, -0.05) is 0 Å². The summed E-state index contributed by atoms with van der Waals surface area (Å²) in [7, 11) is 0. The van der Waals surface area contributed by atoms with Crippen LogP contribution in [0.2, 0.25) is 0 Å². The molecule has 0 fully saturated rings. The van der Waals surface area contributed by atoms with Gasteiger partial charge < -0.3 is 5.32 Å². The molecule has 0 unspecified atom stereocenters. The maximum Gasteiger partial charge on any atom is 0.128 e. The topological polar surface area (TPSA) is 24.9 Å². The Labute approximate surface area is 106 Å². The molecule has 94 valence electrons. The lowest BCUT2D eigenvalue weighted by Crippen LogP contribution is -2.04. The number of benzene rings is 1. The Kier molecular flexibility index (Phi) is 2.69. The highest BCUT2D eigenvalue weighted by molar-refractivity contribution is 5.95. The van der Waals surface area contributed by atoms with Gasteiger partial charge in [-0.05, 0) is 50.8 Å². The zero-order valence-corrected chi connectivity index (χ0v) is 10.8. The van der Waals surface area contributed by atoms with Crippen molar-refractivity contribution in [2.24, 2.45) is 0 Å². The van der Waals surface area contributed by atoms with Crippen LogP contribution in [0.5, 0.6) is 0 Å². The average molecular weight is 244 g/mol. The molecule has 0 spiro atoms. The predicted molar refractivity (Wildman–Crippen MR) is 72.6 cm³/mol. The Morgan fingerprint density at radius 2 is 2.17 bits per heavy atom. The van der Waals surface area contributed by atoms with Gasteiger partial charge in [-0.3, -0.25) is 4.98 Å². The molecule has 0 radical (unpaired) electrons. The number of nitrogens with zero attached hydrogens (tertiary/aromatic N) is 1. The maximum atomic E-state index is 13.7. The molecule has 0 aliphatic heterocycles. The van der Waals surface area contributed by atoms with Crippen LogP contribution in [0, 0.1) is 12.7 Å². The molecular weight excluding hydrogens is 227 g/mol. The largest absolute Gasteiger partial charge is 0.384 e. The standard InChI is InChI=1S/C15H17FN2/c1-3-17-15-10-5-4-6-13(10)18-14-9(2)12(16)8-7-11(14)15/h7-8H,3-6H2,1-2H3,(H,17,18). The number of rotatable bonds is 2. The molecule has 1 aromatic carbocycles. The van der Waals surface area contributed by atoms with Crippen molar-refractivity contribution in [1.82, 2.24) is 4.98 Å². The van der Waals surface area contributed by atoms with Crippen LogP contribution in [-0.4, -0.2) is 11.5 Å². The Morgan fingerprint density at radius 1 is 1.33 bits per heavy atom. The molecule has 0 bridgehead atoms. The molecule has 1 aliphatic carbocycles. The fraction of sp³-hybridized carbons (Fsp3) is 0.400. The van der Waals surface area contributed by atoms with Crippen molar-refractivity contribution >= 4 is 16.6 Å². The van der Waals surface area contributed by atoms with Gasteiger partial charge in [0.1, 0.15) is 5.82 Å². The van der Waals surface area contributed by atoms with Crippen LogP contribution in [0.1, 0.15) is 30.2 Å². The van der Waals surface area contributed by atoms with E-state index in [0.717, 1.165) is 48.1 Å². The Balaban J connectivity index is 2.37. The van der Waals surface area contributed by atoms with Gasteiger partial charge in [0.15, 0.2) is 0 Å². The zero-order valence-electron chi connectivity index (χ0n) is 10.8. The maximum absolute atomic E-state index is 13.7. The van der Waals surface area contributed by atoms with Gasteiger partial charge in [0.2, 0.25) is 0 Å². The van der Waals surface area contributed by atoms with Gasteiger partial charge in [0.05, 0.1) is 5.52 Å². The highest BCUT2D eigenvalue weighted by Gasteiger charge is 2.20. The monoisotopic (exact) mass is 244 g/mol. The number of hydrogen-bond donors (Lipinski definition) is 1. The SMILES string of the molecule is CCNc1c2c(nc3c(C)c(F)ccc13)CCC2. The van der Waals surface area contributed by atoms with E-state index < -0.39 is 0 Å². The summed E-state index contributed by atoms with van der Waals surface area (Å²) in [6.45, 7) is 4.77. The lowest BCUT2D eigenvalue weighted by Gasteiger charge is -2.14. The summed E-state index contributed by atoms with van der Waals surface area (Å²) >= 11 is 0. The Bertz CT molecular complexity index is 620. The van der Waals surface area contributed by atoms with Crippen molar-refractivity contribution in [3.8, 4) is 0 Å². The number of hydrogen-bond acceptors (Lipinski definition) is 2. The van der Waals surface area contributed by atoms with Crippen LogP contribution in [-0.2, 0) is 12.8 Å². The first kappa shape index (κ1) is 11.5. The molecule has 0 saturated carbocycles. The molecule has 1 aromatic heterocycles. The molecule has 0 saturated heterocycles. The van der Waals surface area contributed by atoms with E-state index in [1.54, 1.807) is 6.07 Å². The molecule has 2 aromatic rings. The summed E-state index contributed by atoms with van der Waals surface area (Å²) in [5.41, 5.74) is 5.11. The molecule has 0 amide bonds. The van der Waals surface area contributed by atoms with E-state index in [4.69, 9.17) is 0 Å². The van der Waals surface area contributed by atoms with Crippen LogP contribution < -0.4 is 5.32 Å². The van der Waals surface area contributed by atoms with Crippen LogP contribution >= 0.6 is 0 Å². The van der Waals surface area contributed by atoms with Crippen LogP contribution in [0.3, 0.4) is 0 Å². The molecule has 3 rings (SSSR count). The number of pyridine rings is 1. The number of nitrogens with one attached hydrogen (secondary N) is 1. The van der Waals surface area contributed by atoms with E-state index >= 15 is 0 Å². The lowest BCUT2D eigenvalue weighted by molar-refractivity contribution is 0.620. The third-order valence-electron chi connectivity index (χ3n) is 3.73. The molecule has 3 heteroatoms. The van der Waals surface area contributed by atoms with Crippen molar-refractivity contribution in [1.29, 1.82) is 0 Å². The summed E-state index contributed by atoms with van der Waals surface area (Å²) in [5, 5.41) is 4.49. The van der Waals surface area contributed by atoms with Crippen LogP contribution in [0.25, 0.3) is 10.9 Å². The summed E-state index contributed by atoms with van der Waals surface area (Å²) in [6.07, 6.45) is 3.25. The van der Waals surface area contributed by atoms with Gasteiger partial charge in [-0.15, -0.1) is 0 Å². The second kappa shape index (κ2) is 4.23. The van der Waals surface area contributed by atoms with Crippen molar-refractivity contribution in [2.45, 2.75) is 33.1 Å². The average Bonchev–Trinajstić information content (AvgIpc) is 2.82. The Hall–Kier alpha value is -1.64. The van der Waals surface area contributed by atoms with Gasteiger partial charge in [0.25, 0.3) is 0 Å². The van der Waals surface area contributed by atoms with Gasteiger partial charge in [-0.2, -0.15) is 0 Å². The first-order valence-corrected chi connectivity index (χ1v) is 6.56. The highest BCUT2D eigenvalue weighted by Crippen LogP contribution is 2.35. The first-order chi connectivity index (χ1) is 8.72. The zero-order chi connectivity index (χ0) is 12.7. The fourth-order valence-corrected chi connectivity index (χ4v) is 2.82. The van der Waals surface area contributed by atoms with Crippen molar-refractivity contribution in [2.75, 3.05) is 11.9 Å². The Morgan fingerprint density at radius 3 is 2.94 bits per heavy atom. The molecule has 1 heterocycles. The molecule has 1 N–H and O–H groups in total. The number of aromatic nitrogens is 1. The number of halogens is 1. The smallest absolute Gasteiger partial charge is 0.128 e. The van der Waals surface area contributed by atoms with Crippen molar-refractivity contribution < 1.29 is 4.39 Å². The lowest BCUT2D eigenvalue weighted by atomic mass is 10.0. The van der Waals surface area contributed by atoms with E-state index in [1.807, 2.05) is 13.0 Å². The minimum absolute atomic E-state index is 0.171. The molecule has 0 atom stereocenters. The summed E-state index contributed by atoms with van der Waals surface area (Å²) < 4.78 is 13.7. The predicted octanol–water partition coefficient (Wildman–Crippen LogP) is 3.60. The van der Waals surface area contributed by atoms with Crippen molar-refractivity contribution in [3.63, 3.8) is 0 Å². The fourth-order valence-electron chi connectivity index (χ4n) is 2.82. The second-order valence-electron chi connectivity index (χ2n) is 4.86. The second-order valence-corrected chi connectivity index (χ2v) is 4.86. The third kappa shape index (κ3) is 1.57. The summed E-state index contributed by atoms with van der Waals surface area (Å²) in [5.74, 6) is -0.171. The van der Waals surface area contributed by atoms with E-state index in [9.17, 15) is 4.39 Å². The number of anilines is 1.